The van der Waals surface area contributed by atoms with Crippen molar-refractivity contribution in [1.29, 1.82) is 0 Å². The lowest BCUT2D eigenvalue weighted by Gasteiger charge is -2.29. The van der Waals surface area contributed by atoms with Gasteiger partial charge in [0.15, 0.2) is 0 Å². The Morgan fingerprint density at radius 2 is 2.23 bits per heavy atom. The Morgan fingerprint density at radius 3 is 2.97 bits per heavy atom. The molecule has 4 atom stereocenters. The Balaban J connectivity index is 1.22. The molecule has 0 spiro atoms. The first-order valence-corrected chi connectivity index (χ1v) is 10.8. The van der Waals surface area contributed by atoms with Crippen molar-refractivity contribution in [3.8, 4) is 0 Å². The molecular weight excluding hydrogens is 424 g/mol. The Bertz CT molecular complexity index is 881. The third-order valence-corrected chi connectivity index (χ3v) is 5.76. The highest BCUT2D eigenvalue weighted by Gasteiger charge is 2.49. The Labute approximate surface area is 171 Å². The highest BCUT2D eigenvalue weighted by Crippen LogP contribution is 2.30. The summed E-state index contributed by atoms with van der Waals surface area (Å²) in [5.74, 6) is -0.164. The van der Waals surface area contributed by atoms with Gasteiger partial charge in [-0.15, -0.1) is 9.38 Å². The first-order valence-electron chi connectivity index (χ1n) is 9.43. The van der Waals surface area contributed by atoms with E-state index in [1.807, 2.05) is 0 Å². The molecule has 0 radical (unpaired) electrons. The summed E-state index contributed by atoms with van der Waals surface area (Å²) in [6.45, 7) is 1.83. The predicted molar refractivity (Wildman–Crippen MR) is 95.2 cm³/mol. The number of tetrazole rings is 1. The summed E-state index contributed by atoms with van der Waals surface area (Å²) in [4.78, 5) is 31.3. The summed E-state index contributed by atoms with van der Waals surface area (Å²) in [5, 5.41) is 14.9. The zero-order chi connectivity index (χ0) is 21.3. The molecule has 4 rings (SSSR count). The molecule has 3 fully saturated rings. The van der Waals surface area contributed by atoms with Crippen LogP contribution in [0.3, 0.4) is 0 Å². The molecule has 15 nitrogen and oxygen atoms in total. The van der Waals surface area contributed by atoms with Crippen molar-refractivity contribution in [2.24, 2.45) is 5.92 Å². The van der Waals surface area contributed by atoms with Crippen LogP contribution in [0.4, 0.5) is 4.79 Å². The lowest BCUT2D eigenvalue weighted by Crippen LogP contribution is -2.50. The van der Waals surface area contributed by atoms with Gasteiger partial charge in [-0.25, -0.2) is 15.0 Å². The van der Waals surface area contributed by atoms with Gasteiger partial charge in [0.1, 0.15) is 12.4 Å². The fourth-order valence-electron chi connectivity index (χ4n) is 4.08. The third-order valence-electron chi connectivity index (χ3n) is 5.41. The second-order valence-electron chi connectivity index (χ2n) is 7.53. The summed E-state index contributed by atoms with van der Waals surface area (Å²) in [6.07, 6.45) is 3.04. The van der Waals surface area contributed by atoms with Crippen LogP contribution in [-0.4, -0.2) is 92.9 Å². The molecule has 0 saturated carbocycles. The van der Waals surface area contributed by atoms with Crippen LogP contribution in [0, 0.1) is 5.92 Å². The van der Waals surface area contributed by atoms with Crippen molar-refractivity contribution in [2.75, 3.05) is 19.7 Å². The summed E-state index contributed by atoms with van der Waals surface area (Å²) < 4.78 is 36.7. The molecule has 30 heavy (non-hydrogen) atoms. The molecule has 1 aromatic heterocycles. The van der Waals surface area contributed by atoms with Gasteiger partial charge in [-0.3, -0.25) is 14.2 Å². The van der Waals surface area contributed by atoms with Crippen LogP contribution in [0.5, 0.6) is 0 Å². The van der Waals surface area contributed by atoms with Crippen LogP contribution in [-0.2, 0) is 30.9 Å². The van der Waals surface area contributed by atoms with E-state index in [-0.39, 0.29) is 19.2 Å². The summed E-state index contributed by atoms with van der Waals surface area (Å²) in [5.41, 5.74) is 2.37. The average Bonchev–Trinajstić information content (AvgIpc) is 3.40. The van der Waals surface area contributed by atoms with Gasteiger partial charge in [-0.2, -0.15) is 13.5 Å². The number of urea groups is 1. The number of carbonyl (C=O) groups excluding carboxylic acids is 2. The summed E-state index contributed by atoms with van der Waals surface area (Å²) >= 11 is 0. The molecule has 3 aliphatic heterocycles. The number of carbonyl (C=O) groups is 2. The molecule has 4 heterocycles. The lowest BCUT2D eigenvalue weighted by atomic mass is 10.0. The van der Waals surface area contributed by atoms with E-state index in [1.54, 1.807) is 11.0 Å². The Hall–Kier alpha value is -2.40. The summed E-state index contributed by atoms with van der Waals surface area (Å²) in [6, 6.07) is -2.11. The van der Waals surface area contributed by atoms with Crippen LogP contribution >= 0.6 is 0 Å². The second kappa shape index (κ2) is 8.38. The normalized spacial score (nSPS) is 28.9. The van der Waals surface area contributed by atoms with E-state index in [9.17, 15) is 18.0 Å². The molecule has 16 heteroatoms. The molecule has 3 amide bonds. The first kappa shape index (κ1) is 20.9. The Morgan fingerprint density at radius 1 is 1.40 bits per heavy atom. The standard InChI is InChI=1S/C14H22N8O7S/c23-13(12-2-1-11-6-21(12)14(24)22(11)29-30(25,26)27)17-28-7-10-3-9(4-15-10)5-20-8-16-18-19-20/h8-12,15H,1-7H2,(H,17,23)(H,25,26,27)/t9-,10+,11?,12?/m0/s1. The largest absolute Gasteiger partial charge is 0.418 e. The molecule has 2 unspecified atom stereocenters. The number of rotatable bonds is 8. The summed E-state index contributed by atoms with van der Waals surface area (Å²) in [7, 11) is -4.83. The monoisotopic (exact) mass is 446 g/mol. The predicted octanol–water partition coefficient (Wildman–Crippen LogP) is -2.30. The minimum atomic E-state index is -4.83. The van der Waals surface area contributed by atoms with E-state index in [0.717, 1.165) is 13.0 Å². The van der Waals surface area contributed by atoms with Crippen LogP contribution in [0.15, 0.2) is 6.33 Å². The highest BCUT2D eigenvalue weighted by molar-refractivity contribution is 7.80. The van der Waals surface area contributed by atoms with Gasteiger partial charge in [0.25, 0.3) is 5.91 Å². The van der Waals surface area contributed by atoms with Gasteiger partial charge in [0, 0.05) is 25.7 Å². The van der Waals surface area contributed by atoms with Crippen molar-refractivity contribution in [1.82, 2.24) is 41.0 Å². The minimum Gasteiger partial charge on any atom is -0.311 e. The zero-order valence-electron chi connectivity index (χ0n) is 15.8. The van der Waals surface area contributed by atoms with Crippen molar-refractivity contribution in [2.45, 2.75) is 43.9 Å². The molecule has 3 saturated heterocycles. The topological polar surface area (TPSA) is 181 Å². The lowest BCUT2D eigenvalue weighted by molar-refractivity contribution is -0.139. The number of hydroxylamine groups is 3. The Kier molecular flexibility index (Phi) is 5.83. The fourth-order valence-corrected chi connectivity index (χ4v) is 4.47. The van der Waals surface area contributed by atoms with E-state index in [2.05, 4.69) is 30.6 Å². The number of amides is 3. The van der Waals surface area contributed by atoms with Gasteiger partial charge in [0.2, 0.25) is 0 Å². The molecule has 3 N–H and O–H groups in total. The average molecular weight is 446 g/mol. The van der Waals surface area contributed by atoms with Crippen LogP contribution < -0.4 is 10.8 Å². The minimum absolute atomic E-state index is 0.0505. The number of aromatic nitrogens is 4. The van der Waals surface area contributed by atoms with Crippen molar-refractivity contribution in [3.05, 3.63) is 6.33 Å². The van der Waals surface area contributed by atoms with Crippen molar-refractivity contribution < 1.29 is 31.7 Å². The molecular formula is C14H22N8O7S. The maximum atomic E-state index is 12.5. The van der Waals surface area contributed by atoms with Crippen LogP contribution in [0.1, 0.15) is 19.3 Å². The molecule has 1 aromatic rings. The molecule has 2 bridgehead atoms. The van der Waals surface area contributed by atoms with E-state index >= 15 is 0 Å². The number of fused-ring (bicyclic) bond motifs is 2. The number of nitrogens with zero attached hydrogens (tertiary/aromatic N) is 6. The third kappa shape index (κ3) is 4.67. The molecule has 3 aliphatic rings. The van der Waals surface area contributed by atoms with Crippen LogP contribution in [0.25, 0.3) is 0 Å². The van der Waals surface area contributed by atoms with Crippen molar-refractivity contribution >= 4 is 22.3 Å². The second-order valence-corrected chi connectivity index (χ2v) is 8.53. The van der Waals surface area contributed by atoms with Gasteiger partial charge < -0.3 is 10.2 Å². The van der Waals surface area contributed by atoms with Gasteiger partial charge in [0.05, 0.1) is 12.6 Å². The van der Waals surface area contributed by atoms with E-state index in [1.165, 1.54) is 4.90 Å². The smallest absolute Gasteiger partial charge is 0.311 e. The van der Waals surface area contributed by atoms with Gasteiger partial charge in [-0.1, -0.05) is 0 Å². The number of piperidine rings is 1. The SMILES string of the molecule is O=C(NOC[C@H]1C[C@H](Cn2cnnn2)CN1)C1CCC2CN1C(=O)N2OS(=O)(=O)O. The van der Waals surface area contributed by atoms with Gasteiger partial charge >= 0.3 is 16.4 Å². The molecule has 0 aliphatic carbocycles. The van der Waals surface area contributed by atoms with E-state index in [4.69, 9.17) is 9.39 Å². The number of nitrogens with one attached hydrogen (secondary N) is 2. The number of hydrogen-bond donors (Lipinski definition) is 3. The first-order chi connectivity index (χ1) is 14.3. The quantitative estimate of drug-likeness (QED) is 0.288. The fraction of sp³-hybridized carbons (Fsp3) is 0.786. The maximum Gasteiger partial charge on any atom is 0.418 e. The van der Waals surface area contributed by atoms with Crippen molar-refractivity contribution in [3.63, 3.8) is 0 Å². The van der Waals surface area contributed by atoms with Crippen LogP contribution in [0.2, 0.25) is 0 Å². The number of hydrogen-bond acceptors (Lipinski definition) is 10. The van der Waals surface area contributed by atoms with Gasteiger partial charge in [-0.05, 0) is 35.6 Å². The van der Waals surface area contributed by atoms with E-state index in [0.29, 0.717) is 30.4 Å². The molecule has 0 aromatic carbocycles. The maximum absolute atomic E-state index is 12.5. The highest BCUT2D eigenvalue weighted by atomic mass is 32.3. The van der Waals surface area contributed by atoms with E-state index < -0.39 is 34.4 Å². The zero-order valence-corrected chi connectivity index (χ0v) is 16.6. The molecule has 166 valence electrons.